The maximum atomic E-state index is 2.50. The van der Waals surface area contributed by atoms with E-state index in [1.54, 1.807) is 17.2 Å². The number of hydrogen-bond acceptors (Lipinski definition) is 2. The molecule has 0 nitrogen and oxygen atoms in total. The molecule has 0 aromatic carbocycles. The van der Waals surface area contributed by atoms with Gasteiger partial charge in [-0.1, -0.05) is 0 Å². The first-order valence-corrected chi connectivity index (χ1v) is 18.7. The number of fused-ring (bicyclic) bond motifs is 1. The topological polar surface area (TPSA) is 0 Å². The molecular weight excluding hydrogens is 422 g/mol. The minimum atomic E-state index is -1.78. The van der Waals surface area contributed by atoms with Crippen LogP contribution in [0, 0.1) is 0 Å². The van der Waals surface area contributed by atoms with E-state index in [2.05, 4.69) is 38.3 Å². The first-order valence-electron chi connectivity index (χ1n) is 4.73. The van der Waals surface area contributed by atoms with E-state index in [1.165, 1.54) is 27.0 Å². The minimum absolute atomic E-state index is 1.31. The Bertz CT molecular complexity index is 417. The van der Waals surface area contributed by atoms with Gasteiger partial charge < -0.3 is 0 Å². The van der Waals surface area contributed by atoms with Crippen LogP contribution in [-0.4, -0.2) is 40.9 Å². The van der Waals surface area contributed by atoms with Gasteiger partial charge in [-0.25, -0.2) is 0 Å². The Morgan fingerprint density at radius 3 is 2.29 bits per heavy atom. The van der Waals surface area contributed by atoms with Crippen molar-refractivity contribution in [3.05, 3.63) is 17.0 Å². The summed E-state index contributed by atoms with van der Waals surface area (Å²) in [4.78, 5) is 9.08. The Labute approximate surface area is 111 Å². The van der Waals surface area contributed by atoms with E-state index in [4.69, 9.17) is 0 Å². The van der Waals surface area contributed by atoms with Crippen LogP contribution in [0.1, 0.15) is 4.88 Å². The second-order valence-electron chi connectivity index (χ2n) is 4.51. The monoisotopic (exact) mass is 438 g/mol. The third-order valence-electron chi connectivity index (χ3n) is 2.20. The van der Waals surface area contributed by atoms with E-state index >= 15 is 0 Å². The van der Waals surface area contributed by atoms with Gasteiger partial charge in [0.25, 0.3) is 0 Å². The van der Waals surface area contributed by atoms with Crippen molar-refractivity contribution in [2.45, 2.75) is 19.3 Å². The summed E-state index contributed by atoms with van der Waals surface area (Å²) in [6, 6.07) is 4.89. The number of hydrogen-bond donors (Lipinski definition) is 0. The summed E-state index contributed by atoms with van der Waals surface area (Å²) in [5, 5.41) is 0. The molecule has 0 spiro atoms. The normalized spacial score (nSPS) is 12.6. The summed E-state index contributed by atoms with van der Waals surface area (Å²) in [7, 11) is 0. The van der Waals surface area contributed by atoms with Crippen molar-refractivity contribution >= 4 is 75.9 Å². The van der Waals surface area contributed by atoms with Crippen LogP contribution < -0.4 is 2.89 Å². The molecule has 0 amide bonds. The summed E-state index contributed by atoms with van der Waals surface area (Å²) >= 11 is 3.64. The van der Waals surface area contributed by atoms with Crippen LogP contribution in [0.25, 0.3) is 9.40 Å². The summed E-state index contributed by atoms with van der Waals surface area (Å²) in [5.41, 5.74) is 0. The van der Waals surface area contributed by atoms with Gasteiger partial charge in [0, 0.05) is 0 Å². The summed E-state index contributed by atoms with van der Waals surface area (Å²) in [6.07, 6.45) is 0. The molecule has 0 saturated carbocycles. The molecule has 74 valence electrons. The van der Waals surface area contributed by atoms with Gasteiger partial charge in [0.1, 0.15) is 0 Å². The van der Waals surface area contributed by atoms with Crippen LogP contribution in [0.5, 0.6) is 0 Å². The van der Waals surface area contributed by atoms with Crippen molar-refractivity contribution in [3.63, 3.8) is 0 Å². The van der Waals surface area contributed by atoms with Gasteiger partial charge >= 0.3 is 112 Å². The first kappa shape index (κ1) is 11.7. The second-order valence-corrected chi connectivity index (χ2v) is 23.3. The Hall–Kier alpha value is 1.26. The van der Waals surface area contributed by atoms with Gasteiger partial charge in [-0.15, -0.1) is 0 Å². The predicted molar refractivity (Wildman–Crippen MR) is 73.5 cm³/mol. The zero-order valence-corrected chi connectivity index (χ0v) is 16.5. The fourth-order valence-electron chi connectivity index (χ4n) is 1.36. The van der Waals surface area contributed by atoms with Crippen LogP contribution >= 0.6 is 22.7 Å². The molecule has 0 atom stereocenters. The van der Waals surface area contributed by atoms with E-state index in [0.717, 1.165) is 0 Å². The standard InChI is InChI=1S/C7H4S2.3CH3.2Sn.H/c1-5-4-7-6(9-5)2-3-8-7;;;;;;/h2,4H,1H2;3*1H3;;;. The van der Waals surface area contributed by atoms with Crippen LogP contribution in [0.15, 0.2) is 12.1 Å². The van der Waals surface area contributed by atoms with Crippen molar-refractivity contribution < 1.29 is 0 Å². The average Bonchev–Trinajstić information content (AvgIpc) is 2.56. The molecular formula is C10H14S2Sn2. The Kier molecular flexibility index (Phi) is 3.57. The summed E-state index contributed by atoms with van der Waals surface area (Å²) in [6.45, 7) is 0. The Morgan fingerprint density at radius 1 is 1.14 bits per heavy atom. The average molecular weight is 436 g/mol. The van der Waals surface area contributed by atoms with Gasteiger partial charge in [-0.05, 0) is 0 Å². The molecule has 0 bridgehead atoms. The zero-order valence-electron chi connectivity index (χ0n) is 8.76. The number of thiophene rings is 2. The van der Waals surface area contributed by atoms with Crippen molar-refractivity contribution in [1.82, 2.24) is 0 Å². The molecule has 2 aromatic rings. The molecule has 2 aromatic heterocycles. The van der Waals surface area contributed by atoms with Crippen molar-refractivity contribution in [2.24, 2.45) is 0 Å². The molecule has 2 rings (SSSR count). The van der Waals surface area contributed by atoms with Crippen LogP contribution in [-0.2, 0) is 4.44 Å². The van der Waals surface area contributed by atoms with E-state index in [-0.39, 0.29) is 0 Å². The third-order valence-corrected chi connectivity index (χ3v) is 16.0. The molecule has 0 N–H and O–H groups in total. The molecule has 0 aliphatic rings. The third kappa shape index (κ3) is 2.33. The molecule has 2 radical (unpaired) electrons. The summed E-state index contributed by atoms with van der Waals surface area (Å²) < 4.78 is 6.12. The van der Waals surface area contributed by atoms with E-state index in [0.29, 0.717) is 0 Å². The quantitative estimate of drug-likeness (QED) is 0.636. The molecule has 14 heavy (non-hydrogen) atoms. The Balaban J connectivity index is 2.49. The Morgan fingerprint density at radius 2 is 1.79 bits per heavy atom. The first-order chi connectivity index (χ1) is 6.50. The molecule has 2 heterocycles. The van der Waals surface area contributed by atoms with Gasteiger partial charge in [0.05, 0.1) is 0 Å². The van der Waals surface area contributed by atoms with Crippen LogP contribution in [0.4, 0.5) is 0 Å². The van der Waals surface area contributed by atoms with Gasteiger partial charge in [0.15, 0.2) is 0 Å². The second kappa shape index (κ2) is 4.26. The van der Waals surface area contributed by atoms with Gasteiger partial charge in [-0.2, -0.15) is 0 Å². The van der Waals surface area contributed by atoms with E-state index < -0.39 is 18.4 Å². The van der Waals surface area contributed by atoms with Gasteiger partial charge in [-0.3, -0.25) is 0 Å². The van der Waals surface area contributed by atoms with E-state index in [1.807, 2.05) is 11.3 Å². The fraction of sp³-hybridized carbons (Fsp3) is 0.400. The fourth-order valence-corrected chi connectivity index (χ4v) is 10.3. The molecule has 0 saturated heterocycles. The predicted octanol–water partition coefficient (Wildman–Crippen LogP) is 2.91. The van der Waals surface area contributed by atoms with E-state index in [9.17, 15) is 0 Å². The van der Waals surface area contributed by atoms with Gasteiger partial charge in [0.2, 0.25) is 0 Å². The van der Waals surface area contributed by atoms with Crippen molar-refractivity contribution in [3.8, 4) is 0 Å². The molecule has 4 heteroatoms. The van der Waals surface area contributed by atoms with Crippen molar-refractivity contribution in [1.29, 1.82) is 0 Å². The number of rotatable bonds is 2. The van der Waals surface area contributed by atoms with Crippen LogP contribution in [0.2, 0.25) is 14.8 Å². The molecule has 0 unspecified atom stereocenters. The van der Waals surface area contributed by atoms with Crippen LogP contribution in [0.3, 0.4) is 0 Å². The zero-order chi connectivity index (χ0) is 10.3. The summed E-state index contributed by atoms with van der Waals surface area (Å²) in [5.74, 6) is 0. The van der Waals surface area contributed by atoms with Crippen molar-refractivity contribution in [2.75, 3.05) is 0 Å². The SMILES string of the molecule is [CH3][Sn]([CH3])([CH3])[c]1cc2sc([CH2][SnH])cc2s1. The maximum absolute atomic E-state index is 2.50. The molecule has 0 aliphatic carbocycles. The molecule has 0 fully saturated rings. The molecule has 0 aliphatic heterocycles.